The number of nitro benzene ring substituents is 1. The van der Waals surface area contributed by atoms with Gasteiger partial charge in [0.25, 0.3) is 5.69 Å². The molecule has 4 rings (SSSR count). The fourth-order valence-electron chi connectivity index (χ4n) is 3.29. The van der Waals surface area contributed by atoms with Crippen molar-refractivity contribution in [1.82, 2.24) is 4.57 Å². The first-order valence-electron chi connectivity index (χ1n) is 9.02. The zero-order chi connectivity index (χ0) is 21.1. The molecule has 3 aromatic carbocycles. The van der Waals surface area contributed by atoms with Gasteiger partial charge >= 0.3 is 0 Å². The Morgan fingerprint density at radius 1 is 0.933 bits per heavy atom. The lowest BCUT2D eigenvalue weighted by Crippen LogP contribution is -1.98. The first-order valence-corrected chi connectivity index (χ1v) is 9.84. The van der Waals surface area contributed by atoms with Gasteiger partial charge in [0.15, 0.2) is 0 Å². The molecule has 144 valence electrons. The number of nitrogens with zero attached hydrogens (tertiary/aromatic N) is 4. The van der Waals surface area contributed by atoms with Crippen molar-refractivity contribution in [3.63, 3.8) is 0 Å². The van der Waals surface area contributed by atoms with E-state index in [1.807, 2.05) is 41.1 Å². The molecule has 0 saturated heterocycles. The third-order valence-electron chi connectivity index (χ3n) is 4.67. The molecule has 0 unspecified atom stereocenters. The van der Waals surface area contributed by atoms with Crippen molar-refractivity contribution in [3.05, 3.63) is 99.7 Å². The second-order valence-electron chi connectivity index (χ2n) is 6.60. The van der Waals surface area contributed by atoms with Crippen molar-refractivity contribution in [1.29, 1.82) is 10.5 Å². The zero-order valence-electron chi connectivity index (χ0n) is 15.6. The molecule has 0 aliphatic carbocycles. The molecule has 4 aromatic rings. The van der Waals surface area contributed by atoms with Gasteiger partial charge in [-0.2, -0.15) is 10.5 Å². The minimum Gasteiger partial charge on any atom is -0.342 e. The van der Waals surface area contributed by atoms with Gasteiger partial charge in [0.1, 0.15) is 0 Å². The fraction of sp³-hybridized carbons (Fsp3) is 0.0435. The summed E-state index contributed by atoms with van der Waals surface area (Å²) in [6.45, 7) is 0.512. The summed E-state index contributed by atoms with van der Waals surface area (Å²) in [5.74, 6) is 0. The summed E-state index contributed by atoms with van der Waals surface area (Å²) in [5.41, 5.74) is 2.98. The van der Waals surface area contributed by atoms with Gasteiger partial charge in [-0.1, -0.05) is 42.1 Å². The molecular weight excluding hydrogens is 396 g/mol. The normalized spacial score (nSPS) is 10.5. The second-order valence-corrected chi connectivity index (χ2v) is 7.69. The van der Waals surface area contributed by atoms with Gasteiger partial charge in [-0.15, -0.1) is 0 Å². The molecule has 0 fully saturated rings. The third-order valence-corrected chi connectivity index (χ3v) is 5.78. The van der Waals surface area contributed by atoms with Crippen molar-refractivity contribution in [2.24, 2.45) is 0 Å². The minimum atomic E-state index is -0.386. The maximum Gasteiger partial charge on any atom is 0.283 e. The maximum absolute atomic E-state index is 11.4. The maximum atomic E-state index is 11.4. The third kappa shape index (κ3) is 3.75. The van der Waals surface area contributed by atoms with E-state index in [1.165, 1.54) is 17.8 Å². The number of aromatic nitrogens is 1. The molecular formula is C23H14N4O2S. The van der Waals surface area contributed by atoms with E-state index in [1.54, 1.807) is 30.3 Å². The van der Waals surface area contributed by atoms with Crippen LogP contribution >= 0.6 is 11.8 Å². The molecule has 1 heterocycles. The molecule has 0 aliphatic heterocycles. The molecule has 0 amide bonds. The lowest BCUT2D eigenvalue weighted by molar-refractivity contribution is -0.387. The molecule has 6 nitrogen and oxygen atoms in total. The van der Waals surface area contributed by atoms with Crippen molar-refractivity contribution >= 4 is 28.4 Å². The summed E-state index contributed by atoms with van der Waals surface area (Å²) in [6, 6.07) is 23.7. The van der Waals surface area contributed by atoms with Gasteiger partial charge in [0, 0.05) is 29.1 Å². The van der Waals surface area contributed by atoms with Crippen LogP contribution < -0.4 is 0 Å². The smallest absolute Gasteiger partial charge is 0.283 e. The lowest BCUT2D eigenvalue weighted by Gasteiger charge is -2.06. The van der Waals surface area contributed by atoms with E-state index in [2.05, 4.69) is 12.1 Å². The number of benzene rings is 3. The molecule has 0 radical (unpaired) electrons. The largest absolute Gasteiger partial charge is 0.342 e. The Balaban J connectivity index is 1.81. The van der Waals surface area contributed by atoms with Crippen LogP contribution in [0.25, 0.3) is 10.9 Å². The molecule has 0 atom stereocenters. The van der Waals surface area contributed by atoms with Crippen molar-refractivity contribution in [3.8, 4) is 12.1 Å². The first-order chi connectivity index (χ1) is 14.6. The van der Waals surface area contributed by atoms with E-state index in [0.717, 1.165) is 21.4 Å². The fourth-order valence-corrected chi connectivity index (χ4v) is 4.38. The van der Waals surface area contributed by atoms with Gasteiger partial charge in [-0.05, 0) is 35.9 Å². The molecule has 0 bridgehead atoms. The Kier molecular flexibility index (Phi) is 5.21. The highest BCUT2D eigenvalue weighted by Gasteiger charge is 2.17. The summed E-state index contributed by atoms with van der Waals surface area (Å²) in [4.78, 5) is 12.4. The van der Waals surface area contributed by atoms with Gasteiger partial charge in [-0.3, -0.25) is 10.1 Å². The van der Waals surface area contributed by atoms with Crippen molar-refractivity contribution < 1.29 is 4.92 Å². The molecule has 30 heavy (non-hydrogen) atoms. The van der Waals surface area contributed by atoms with Gasteiger partial charge in [0.05, 0.1) is 38.6 Å². The molecule has 0 aliphatic rings. The number of hydrogen-bond acceptors (Lipinski definition) is 5. The highest BCUT2D eigenvalue weighted by atomic mass is 32.2. The average molecular weight is 410 g/mol. The summed E-state index contributed by atoms with van der Waals surface area (Å²) in [6.07, 6.45) is 1.94. The van der Waals surface area contributed by atoms with Crippen LogP contribution in [0.1, 0.15) is 16.7 Å². The van der Waals surface area contributed by atoms with Crippen LogP contribution in [0.2, 0.25) is 0 Å². The predicted octanol–water partition coefficient (Wildman–Crippen LogP) is 5.49. The summed E-state index contributed by atoms with van der Waals surface area (Å²) in [5, 5.41) is 30.8. The molecule has 0 spiro atoms. The number of hydrogen-bond donors (Lipinski definition) is 0. The van der Waals surface area contributed by atoms with E-state index in [9.17, 15) is 15.4 Å². The van der Waals surface area contributed by atoms with E-state index in [4.69, 9.17) is 5.26 Å². The monoisotopic (exact) mass is 410 g/mol. The number of nitriles is 2. The molecule has 1 aromatic heterocycles. The van der Waals surface area contributed by atoms with E-state index < -0.39 is 0 Å². The lowest BCUT2D eigenvalue weighted by atomic mass is 10.1. The highest BCUT2D eigenvalue weighted by molar-refractivity contribution is 7.99. The Morgan fingerprint density at radius 2 is 1.70 bits per heavy atom. The van der Waals surface area contributed by atoms with E-state index in [-0.39, 0.29) is 10.6 Å². The second kappa shape index (κ2) is 8.12. The predicted molar refractivity (Wildman–Crippen MR) is 114 cm³/mol. The van der Waals surface area contributed by atoms with Gasteiger partial charge < -0.3 is 4.57 Å². The summed E-state index contributed by atoms with van der Waals surface area (Å²) >= 11 is 1.33. The Labute approximate surface area is 176 Å². The number of rotatable bonds is 5. The Morgan fingerprint density at radius 3 is 2.47 bits per heavy atom. The van der Waals surface area contributed by atoms with Gasteiger partial charge in [0.2, 0.25) is 0 Å². The van der Waals surface area contributed by atoms with E-state index in [0.29, 0.717) is 22.6 Å². The zero-order valence-corrected chi connectivity index (χ0v) is 16.5. The van der Waals surface area contributed by atoms with Crippen molar-refractivity contribution in [2.75, 3.05) is 0 Å². The number of para-hydroxylation sites is 1. The Hall–Kier alpha value is -4.07. The highest BCUT2D eigenvalue weighted by Crippen LogP contribution is 2.39. The Bertz CT molecular complexity index is 1360. The number of fused-ring (bicyclic) bond motifs is 1. The van der Waals surface area contributed by atoms with Crippen molar-refractivity contribution in [2.45, 2.75) is 16.3 Å². The summed E-state index contributed by atoms with van der Waals surface area (Å²) in [7, 11) is 0. The minimum absolute atomic E-state index is 0.0544. The summed E-state index contributed by atoms with van der Waals surface area (Å²) < 4.78 is 2.00. The quantitative estimate of drug-likeness (QED) is 0.320. The van der Waals surface area contributed by atoms with Crippen LogP contribution in [0.3, 0.4) is 0 Å². The van der Waals surface area contributed by atoms with Crippen LogP contribution in [-0.2, 0) is 6.54 Å². The number of nitro groups is 1. The topological polar surface area (TPSA) is 95.7 Å². The van der Waals surface area contributed by atoms with Crippen LogP contribution in [0.15, 0.2) is 82.7 Å². The average Bonchev–Trinajstić information content (AvgIpc) is 3.10. The first kappa shape index (κ1) is 19.3. The van der Waals surface area contributed by atoms with Crippen LogP contribution in [0, 0.1) is 32.8 Å². The van der Waals surface area contributed by atoms with Crippen LogP contribution in [0.4, 0.5) is 5.69 Å². The van der Waals surface area contributed by atoms with E-state index >= 15 is 0 Å². The SMILES string of the molecule is N#Cc1cccc(Cn2cc(Sc3ccccc3[N+](=O)[O-])c3ccc(C#N)cc32)c1. The van der Waals surface area contributed by atoms with Crippen LogP contribution in [-0.4, -0.2) is 9.49 Å². The molecule has 0 saturated carbocycles. The van der Waals surface area contributed by atoms with Crippen LogP contribution in [0.5, 0.6) is 0 Å². The molecule has 0 N–H and O–H groups in total. The standard InChI is InChI=1S/C23H14N4O2S/c24-12-16-4-3-5-18(10-16)14-26-15-23(19-9-8-17(13-25)11-21(19)26)30-22-7-2-1-6-20(22)27(28)29/h1-11,15H,14H2. The van der Waals surface area contributed by atoms with Gasteiger partial charge in [-0.25, -0.2) is 0 Å². The molecule has 7 heteroatoms.